The Kier molecular flexibility index (Phi) is 9.74. The van der Waals surface area contributed by atoms with Crippen LogP contribution in [0.25, 0.3) is 0 Å². The second kappa shape index (κ2) is 11.9. The van der Waals surface area contributed by atoms with E-state index in [1.165, 1.54) is 6.92 Å². The third-order valence-corrected chi connectivity index (χ3v) is 7.52. The van der Waals surface area contributed by atoms with Gasteiger partial charge >= 0.3 is 0 Å². The molecule has 0 saturated carbocycles. The van der Waals surface area contributed by atoms with E-state index in [0.717, 1.165) is 16.9 Å². The summed E-state index contributed by atoms with van der Waals surface area (Å²) in [6.45, 7) is 11.4. The van der Waals surface area contributed by atoms with Crippen molar-refractivity contribution in [2.24, 2.45) is 5.41 Å². The first-order valence-corrected chi connectivity index (χ1v) is 12.9. The molecule has 188 valence electrons. The molecule has 34 heavy (non-hydrogen) atoms. The number of carbonyl (C=O) groups excluding carboxylic acids is 2. The second-order valence-electron chi connectivity index (χ2n) is 9.27. The van der Waals surface area contributed by atoms with Gasteiger partial charge in [0.05, 0.1) is 23.3 Å². The Balaban J connectivity index is 1.81. The van der Waals surface area contributed by atoms with Crippen LogP contribution in [0, 0.1) is 12.3 Å². The van der Waals surface area contributed by atoms with Crippen molar-refractivity contribution in [3.05, 3.63) is 35.5 Å². The van der Waals surface area contributed by atoms with E-state index >= 15 is 0 Å². The number of phenolic OH excluding ortho intramolecular Hbond substituents is 1. The fraction of sp³-hybridized carbons (Fsp3) is 0.522. The van der Waals surface area contributed by atoms with Gasteiger partial charge < -0.3 is 20.5 Å². The molecule has 0 aliphatic carbocycles. The van der Waals surface area contributed by atoms with Crippen LogP contribution in [0.1, 0.15) is 45.9 Å². The Morgan fingerprint density at radius 2 is 1.82 bits per heavy atom. The van der Waals surface area contributed by atoms with Crippen molar-refractivity contribution in [1.29, 1.82) is 0 Å². The summed E-state index contributed by atoms with van der Waals surface area (Å²) in [5.74, 6) is -0.145. The minimum Gasteiger partial charge on any atom is -0.508 e. The Hall–Kier alpha value is -2.34. The van der Waals surface area contributed by atoms with Gasteiger partial charge in [-0.25, -0.2) is 13.9 Å². The fourth-order valence-corrected chi connectivity index (χ4v) is 5.16. The summed E-state index contributed by atoms with van der Waals surface area (Å²) in [4.78, 5) is 28.1. The van der Waals surface area contributed by atoms with Crippen LogP contribution in [0.3, 0.4) is 0 Å². The van der Waals surface area contributed by atoms with E-state index in [2.05, 4.69) is 20.3 Å². The number of rotatable bonds is 12. The minimum absolute atomic E-state index is 0.121. The van der Waals surface area contributed by atoms with Crippen LogP contribution in [0.5, 0.6) is 5.75 Å². The van der Waals surface area contributed by atoms with E-state index in [9.17, 15) is 18.9 Å². The molecule has 0 fully saturated rings. The average Bonchev–Trinajstić information content (AvgIpc) is 3.11. The van der Waals surface area contributed by atoms with Gasteiger partial charge in [0.2, 0.25) is 11.8 Å². The average molecular weight is 511 g/mol. The van der Waals surface area contributed by atoms with Crippen LogP contribution < -0.4 is 15.4 Å². The summed E-state index contributed by atoms with van der Waals surface area (Å²) in [5.41, 5.74) is 0.168. The zero-order valence-corrected chi connectivity index (χ0v) is 22.1. The molecule has 1 heterocycles. The third-order valence-electron chi connectivity index (χ3n) is 4.91. The number of anilines is 1. The first-order chi connectivity index (χ1) is 15.8. The lowest BCUT2D eigenvalue weighted by atomic mass is 9.93. The Morgan fingerprint density at radius 1 is 1.18 bits per heavy atom. The maximum absolute atomic E-state index is 12.7. The smallest absolute Gasteiger partial charge is 0.227 e. The molecule has 1 aromatic carbocycles. The number of nitrogens with one attached hydrogen (secondary N) is 3. The van der Waals surface area contributed by atoms with Gasteiger partial charge in [0.15, 0.2) is 5.13 Å². The number of ether oxygens (including phenoxy) is 1. The quantitative estimate of drug-likeness (QED) is 0.347. The van der Waals surface area contributed by atoms with Gasteiger partial charge in [0, 0.05) is 20.0 Å². The maximum Gasteiger partial charge on any atom is 0.227 e. The van der Waals surface area contributed by atoms with Crippen LogP contribution in [-0.4, -0.2) is 51.4 Å². The number of nitrogens with zero attached hydrogens (tertiary/aromatic N) is 1. The molecule has 11 heteroatoms. The molecule has 0 bridgehead atoms. The monoisotopic (exact) mass is 510 g/mol. The summed E-state index contributed by atoms with van der Waals surface area (Å²) < 4.78 is 22.2. The molecule has 4 N–H and O–H groups in total. The number of hydrogen-bond donors (Lipinski definition) is 4. The van der Waals surface area contributed by atoms with E-state index in [-0.39, 0.29) is 30.7 Å². The van der Waals surface area contributed by atoms with Crippen molar-refractivity contribution in [2.75, 3.05) is 25.0 Å². The Bertz CT molecular complexity index is 1020. The van der Waals surface area contributed by atoms with Gasteiger partial charge in [-0.1, -0.05) is 23.5 Å². The fourth-order valence-electron chi connectivity index (χ4n) is 2.78. The molecule has 9 nitrogen and oxygen atoms in total. The molecule has 1 atom stereocenters. The van der Waals surface area contributed by atoms with Crippen molar-refractivity contribution in [3.8, 4) is 5.75 Å². The molecule has 0 aliphatic rings. The largest absolute Gasteiger partial charge is 0.508 e. The molecule has 0 spiro atoms. The topological polar surface area (TPSA) is 130 Å². The number of aromatic nitrogens is 1. The molecule has 1 aromatic heterocycles. The molecule has 2 aromatic rings. The van der Waals surface area contributed by atoms with E-state index < -0.39 is 22.0 Å². The predicted octanol–water partition coefficient (Wildman–Crippen LogP) is 2.91. The molecule has 0 aliphatic heterocycles. The van der Waals surface area contributed by atoms with Crippen LogP contribution in [0.2, 0.25) is 0 Å². The van der Waals surface area contributed by atoms with Gasteiger partial charge in [-0.15, -0.1) is 0 Å². The normalized spacial score (nSPS) is 12.9. The number of aromatic hydroxyl groups is 1. The molecule has 0 saturated heterocycles. The molecule has 2 rings (SSSR count). The van der Waals surface area contributed by atoms with E-state index in [1.807, 2.05) is 39.8 Å². The Morgan fingerprint density at radius 3 is 2.44 bits per heavy atom. The highest BCUT2D eigenvalue weighted by Gasteiger charge is 2.31. The highest BCUT2D eigenvalue weighted by atomic mass is 32.2. The van der Waals surface area contributed by atoms with Crippen molar-refractivity contribution >= 4 is 39.3 Å². The van der Waals surface area contributed by atoms with Crippen molar-refractivity contribution in [3.63, 3.8) is 0 Å². The summed E-state index contributed by atoms with van der Waals surface area (Å²) >= 11 is 1.16. The zero-order chi connectivity index (χ0) is 25.5. The number of aryl methyl sites for hydroxylation is 1. The highest BCUT2D eigenvalue weighted by molar-refractivity contribution is 7.85. The predicted molar refractivity (Wildman–Crippen MR) is 134 cm³/mol. The van der Waals surface area contributed by atoms with Crippen molar-refractivity contribution < 1.29 is 23.6 Å². The van der Waals surface area contributed by atoms with Gasteiger partial charge in [-0.3, -0.25) is 9.59 Å². The highest BCUT2D eigenvalue weighted by Crippen LogP contribution is 2.26. The SMILES string of the molecule is CC(=O)Nc1nc(C)c(S(=O)NCC(C)(C)OCC(C)(C)C(=O)NCCc2ccc(O)cc2)s1. The molecule has 2 amide bonds. The van der Waals surface area contributed by atoms with Crippen LogP contribution in [0.4, 0.5) is 5.13 Å². The lowest BCUT2D eigenvalue weighted by Crippen LogP contribution is -2.45. The second-order valence-corrected chi connectivity index (χ2v) is 11.8. The summed E-state index contributed by atoms with van der Waals surface area (Å²) in [6, 6.07) is 6.89. The van der Waals surface area contributed by atoms with Gasteiger partial charge in [0.1, 0.15) is 20.9 Å². The van der Waals surface area contributed by atoms with Crippen molar-refractivity contribution in [1.82, 2.24) is 15.0 Å². The molecule has 0 radical (unpaired) electrons. The lowest BCUT2D eigenvalue weighted by Gasteiger charge is -2.31. The zero-order valence-electron chi connectivity index (χ0n) is 20.5. The first-order valence-electron chi connectivity index (χ1n) is 10.9. The van der Waals surface area contributed by atoms with Crippen LogP contribution >= 0.6 is 11.3 Å². The lowest BCUT2D eigenvalue weighted by molar-refractivity contribution is -0.136. The Labute approximate surface area is 207 Å². The molecular weight excluding hydrogens is 476 g/mol. The van der Waals surface area contributed by atoms with Gasteiger partial charge in [-0.05, 0) is 58.7 Å². The number of hydrogen-bond acceptors (Lipinski definition) is 7. The standard InChI is InChI=1S/C23H34N4O5S2/c1-15-19(33-21(26-15)27-16(2)28)34(31)25-13-23(5,6)32-14-22(3,4)20(30)24-12-11-17-7-9-18(29)10-8-17/h7-10,25,29H,11-14H2,1-6H3,(H,24,30)(H,26,27,28). The number of carbonyl (C=O) groups is 2. The van der Waals surface area contributed by atoms with Gasteiger partial charge in [-0.2, -0.15) is 0 Å². The van der Waals surface area contributed by atoms with E-state index in [4.69, 9.17) is 4.74 Å². The number of amides is 2. The molecule has 1 unspecified atom stereocenters. The first kappa shape index (κ1) is 27.9. The van der Waals surface area contributed by atoms with Crippen molar-refractivity contribution in [2.45, 2.75) is 57.8 Å². The maximum atomic E-state index is 12.7. The number of benzene rings is 1. The van der Waals surface area contributed by atoms with E-state index in [0.29, 0.717) is 28.0 Å². The minimum atomic E-state index is -1.51. The summed E-state index contributed by atoms with van der Waals surface area (Å²) in [5, 5.41) is 15.3. The third kappa shape index (κ3) is 8.79. The number of phenols is 1. The van der Waals surface area contributed by atoms with E-state index in [1.54, 1.807) is 19.1 Å². The molecular formula is C23H34N4O5S2. The van der Waals surface area contributed by atoms with Crippen LogP contribution in [-0.2, 0) is 31.7 Å². The van der Waals surface area contributed by atoms with Gasteiger partial charge in [0.25, 0.3) is 0 Å². The summed E-state index contributed by atoms with van der Waals surface area (Å²) in [6.07, 6.45) is 0.658. The summed E-state index contributed by atoms with van der Waals surface area (Å²) in [7, 11) is -1.51. The number of thiazole rings is 1. The van der Waals surface area contributed by atoms with Crippen LogP contribution in [0.15, 0.2) is 28.5 Å².